The number of nitrogens with one attached hydrogen (secondary N) is 1. The summed E-state index contributed by atoms with van der Waals surface area (Å²) in [6.45, 7) is 3.65. The van der Waals surface area contributed by atoms with Crippen molar-refractivity contribution >= 4 is 0 Å². The minimum atomic E-state index is 0.400. The van der Waals surface area contributed by atoms with E-state index in [0.717, 1.165) is 26.3 Å². The minimum absolute atomic E-state index is 0.400. The summed E-state index contributed by atoms with van der Waals surface area (Å²) in [4.78, 5) is 0. The van der Waals surface area contributed by atoms with Crippen LogP contribution in [0.25, 0.3) is 0 Å². The van der Waals surface area contributed by atoms with Gasteiger partial charge in [-0.15, -0.1) is 0 Å². The third kappa shape index (κ3) is 1.08. The van der Waals surface area contributed by atoms with Crippen LogP contribution in [-0.4, -0.2) is 38.5 Å². The molecule has 2 saturated heterocycles. The largest absolute Gasteiger partial charge is 0.376 e. The molecular formula is C6H11NO2. The van der Waals surface area contributed by atoms with Crippen LogP contribution in [0.1, 0.15) is 0 Å². The van der Waals surface area contributed by atoms with Gasteiger partial charge >= 0.3 is 0 Å². The number of rotatable bonds is 2. The molecule has 0 amide bonds. The van der Waals surface area contributed by atoms with E-state index in [1.165, 1.54) is 0 Å². The van der Waals surface area contributed by atoms with Crippen LogP contribution in [0.15, 0.2) is 0 Å². The zero-order valence-corrected chi connectivity index (χ0v) is 5.30. The van der Waals surface area contributed by atoms with Gasteiger partial charge in [0.2, 0.25) is 0 Å². The lowest BCUT2D eigenvalue weighted by Gasteiger charge is -2.35. The molecule has 0 unspecified atom stereocenters. The normalized spacial score (nSPS) is 29.3. The molecule has 0 aromatic heterocycles. The van der Waals surface area contributed by atoms with Crippen molar-refractivity contribution in [2.45, 2.75) is 12.2 Å². The summed E-state index contributed by atoms with van der Waals surface area (Å²) in [5, 5.41) is 3.15. The first kappa shape index (κ1) is 5.65. The van der Waals surface area contributed by atoms with Crippen LogP contribution in [0.4, 0.5) is 0 Å². The van der Waals surface area contributed by atoms with E-state index in [9.17, 15) is 0 Å². The Labute approximate surface area is 54.3 Å². The van der Waals surface area contributed by atoms with Crippen molar-refractivity contribution in [3.63, 3.8) is 0 Å². The SMILES string of the molecule is C1NCC1OC1COC1. The molecule has 0 radical (unpaired) electrons. The highest BCUT2D eigenvalue weighted by Crippen LogP contribution is 2.10. The first-order chi connectivity index (χ1) is 4.45. The van der Waals surface area contributed by atoms with Crippen LogP contribution < -0.4 is 5.32 Å². The Bertz CT molecular complexity index is 87.2. The molecule has 0 aliphatic carbocycles. The van der Waals surface area contributed by atoms with Crippen molar-refractivity contribution in [1.29, 1.82) is 0 Å². The predicted molar refractivity (Wildman–Crippen MR) is 32.3 cm³/mol. The van der Waals surface area contributed by atoms with Crippen molar-refractivity contribution in [1.82, 2.24) is 5.32 Å². The van der Waals surface area contributed by atoms with E-state index < -0.39 is 0 Å². The lowest BCUT2D eigenvalue weighted by molar-refractivity contribution is -0.162. The first-order valence-electron chi connectivity index (χ1n) is 3.39. The number of hydrogen-bond donors (Lipinski definition) is 1. The molecule has 2 rings (SSSR count). The van der Waals surface area contributed by atoms with Gasteiger partial charge in [0.05, 0.1) is 19.3 Å². The van der Waals surface area contributed by atoms with E-state index in [0.29, 0.717) is 12.2 Å². The standard InChI is InChI=1S/C6H11NO2/c1-5(2-7-1)9-6-3-8-4-6/h5-7H,1-4H2. The fourth-order valence-corrected chi connectivity index (χ4v) is 0.923. The third-order valence-corrected chi connectivity index (χ3v) is 1.74. The second-order valence-corrected chi connectivity index (χ2v) is 2.58. The fraction of sp³-hybridized carbons (Fsp3) is 1.00. The molecular weight excluding hydrogens is 118 g/mol. The first-order valence-corrected chi connectivity index (χ1v) is 3.39. The topological polar surface area (TPSA) is 30.5 Å². The molecule has 0 spiro atoms. The predicted octanol–water partition coefficient (Wildman–Crippen LogP) is -0.626. The van der Waals surface area contributed by atoms with Gasteiger partial charge in [0.25, 0.3) is 0 Å². The average molecular weight is 129 g/mol. The molecule has 2 fully saturated rings. The van der Waals surface area contributed by atoms with Gasteiger partial charge < -0.3 is 14.8 Å². The third-order valence-electron chi connectivity index (χ3n) is 1.74. The molecule has 3 nitrogen and oxygen atoms in total. The van der Waals surface area contributed by atoms with Gasteiger partial charge in [0.1, 0.15) is 6.10 Å². The van der Waals surface area contributed by atoms with Crippen LogP contribution in [0, 0.1) is 0 Å². The average Bonchev–Trinajstić information content (AvgIpc) is 1.57. The maximum atomic E-state index is 5.53. The summed E-state index contributed by atoms with van der Waals surface area (Å²) in [5.41, 5.74) is 0. The number of hydrogen-bond acceptors (Lipinski definition) is 3. The van der Waals surface area contributed by atoms with E-state index in [4.69, 9.17) is 9.47 Å². The van der Waals surface area contributed by atoms with E-state index in [1.807, 2.05) is 0 Å². The van der Waals surface area contributed by atoms with Gasteiger partial charge in [0.15, 0.2) is 0 Å². The van der Waals surface area contributed by atoms with E-state index >= 15 is 0 Å². The van der Waals surface area contributed by atoms with Gasteiger partial charge in [-0.3, -0.25) is 0 Å². The second kappa shape index (κ2) is 2.25. The zero-order valence-electron chi connectivity index (χ0n) is 5.30. The molecule has 0 aromatic carbocycles. The highest BCUT2D eigenvalue weighted by molar-refractivity contribution is 4.78. The zero-order chi connectivity index (χ0) is 6.10. The Balaban J connectivity index is 1.64. The molecule has 0 atom stereocenters. The van der Waals surface area contributed by atoms with Gasteiger partial charge in [-0.05, 0) is 0 Å². The molecule has 0 aromatic rings. The molecule has 1 N–H and O–H groups in total. The van der Waals surface area contributed by atoms with Crippen molar-refractivity contribution in [3.05, 3.63) is 0 Å². The second-order valence-electron chi connectivity index (χ2n) is 2.58. The summed E-state index contributed by atoms with van der Waals surface area (Å²) in [6.07, 6.45) is 0.871. The Morgan fingerprint density at radius 1 is 1.22 bits per heavy atom. The molecule has 0 saturated carbocycles. The van der Waals surface area contributed by atoms with Crippen LogP contribution >= 0.6 is 0 Å². The molecule has 2 aliphatic rings. The highest BCUT2D eigenvalue weighted by atomic mass is 16.6. The van der Waals surface area contributed by atoms with Crippen molar-refractivity contribution in [2.24, 2.45) is 0 Å². The molecule has 3 heteroatoms. The van der Waals surface area contributed by atoms with E-state index in [-0.39, 0.29) is 0 Å². The Kier molecular flexibility index (Phi) is 1.41. The fourth-order valence-electron chi connectivity index (χ4n) is 0.923. The maximum absolute atomic E-state index is 5.53. The maximum Gasteiger partial charge on any atom is 0.105 e. The van der Waals surface area contributed by atoms with Gasteiger partial charge in [0, 0.05) is 13.1 Å². The van der Waals surface area contributed by atoms with Crippen molar-refractivity contribution in [3.8, 4) is 0 Å². The molecule has 2 heterocycles. The molecule has 2 aliphatic heterocycles. The van der Waals surface area contributed by atoms with Gasteiger partial charge in [-0.2, -0.15) is 0 Å². The Hall–Kier alpha value is -0.120. The Morgan fingerprint density at radius 2 is 2.00 bits per heavy atom. The minimum Gasteiger partial charge on any atom is -0.376 e. The monoisotopic (exact) mass is 129 g/mol. The van der Waals surface area contributed by atoms with Crippen LogP contribution in [0.5, 0.6) is 0 Å². The molecule has 52 valence electrons. The smallest absolute Gasteiger partial charge is 0.105 e. The summed E-state index contributed by atoms with van der Waals surface area (Å²) >= 11 is 0. The van der Waals surface area contributed by atoms with Crippen molar-refractivity contribution < 1.29 is 9.47 Å². The Morgan fingerprint density at radius 3 is 2.33 bits per heavy atom. The van der Waals surface area contributed by atoms with Crippen molar-refractivity contribution in [2.75, 3.05) is 26.3 Å². The summed E-state index contributed by atoms with van der Waals surface area (Å²) in [7, 11) is 0. The molecule has 0 bridgehead atoms. The van der Waals surface area contributed by atoms with E-state index in [1.54, 1.807) is 0 Å². The summed E-state index contributed by atoms with van der Waals surface area (Å²) < 4.78 is 10.5. The van der Waals surface area contributed by atoms with E-state index in [2.05, 4.69) is 5.32 Å². The highest BCUT2D eigenvalue weighted by Gasteiger charge is 2.26. The summed E-state index contributed by atoms with van der Waals surface area (Å²) in [6, 6.07) is 0. The quantitative estimate of drug-likeness (QED) is 0.538. The van der Waals surface area contributed by atoms with Crippen LogP contribution in [-0.2, 0) is 9.47 Å². The summed E-state index contributed by atoms with van der Waals surface area (Å²) in [5.74, 6) is 0. The number of ether oxygens (including phenoxy) is 2. The van der Waals surface area contributed by atoms with Gasteiger partial charge in [-0.1, -0.05) is 0 Å². The van der Waals surface area contributed by atoms with Crippen LogP contribution in [0.2, 0.25) is 0 Å². The van der Waals surface area contributed by atoms with Crippen LogP contribution in [0.3, 0.4) is 0 Å². The lowest BCUT2D eigenvalue weighted by atomic mass is 10.2. The molecule has 9 heavy (non-hydrogen) atoms. The lowest BCUT2D eigenvalue weighted by Crippen LogP contribution is -2.53. The van der Waals surface area contributed by atoms with Gasteiger partial charge in [-0.25, -0.2) is 0 Å².